The first-order valence-electron chi connectivity index (χ1n) is 11.0. The Bertz CT molecular complexity index is 806. The fraction of sp³-hybridized carbons (Fsp3) is 0.480. The quantitative estimate of drug-likeness (QED) is 0.795. The second kappa shape index (κ2) is 9.10. The molecule has 29 heavy (non-hydrogen) atoms. The first kappa shape index (κ1) is 20.1. The molecule has 2 aromatic rings. The maximum atomic E-state index is 13.0. The lowest BCUT2D eigenvalue weighted by atomic mass is 9.72. The molecule has 2 aromatic carbocycles. The van der Waals surface area contributed by atoms with Crippen molar-refractivity contribution in [2.45, 2.75) is 31.1 Å². The van der Waals surface area contributed by atoms with E-state index in [1.165, 1.54) is 17.5 Å². The van der Waals surface area contributed by atoms with Crippen LogP contribution in [0.1, 0.15) is 40.7 Å². The van der Waals surface area contributed by atoms with Crippen molar-refractivity contribution in [3.63, 3.8) is 0 Å². The summed E-state index contributed by atoms with van der Waals surface area (Å²) >= 11 is 0. The van der Waals surface area contributed by atoms with Gasteiger partial charge in [-0.1, -0.05) is 42.5 Å². The van der Waals surface area contributed by atoms with E-state index in [0.717, 1.165) is 51.0 Å². The summed E-state index contributed by atoms with van der Waals surface area (Å²) in [7, 11) is 2.18. The van der Waals surface area contributed by atoms with Gasteiger partial charge in [-0.25, -0.2) is 0 Å². The van der Waals surface area contributed by atoms with Crippen LogP contribution in [0, 0.1) is 5.92 Å². The Labute approximate surface area is 174 Å². The van der Waals surface area contributed by atoms with E-state index in [9.17, 15) is 4.79 Å². The summed E-state index contributed by atoms with van der Waals surface area (Å²) in [5.74, 6) is 0.736. The number of hydrogen-bond acceptors (Lipinski definition) is 3. The van der Waals surface area contributed by atoms with Gasteiger partial charge in [0.2, 0.25) is 0 Å². The van der Waals surface area contributed by atoms with E-state index >= 15 is 0 Å². The molecular weight excluding hydrogens is 358 g/mol. The van der Waals surface area contributed by atoms with Crippen LogP contribution in [0.2, 0.25) is 0 Å². The van der Waals surface area contributed by atoms with Gasteiger partial charge < -0.3 is 15.5 Å². The third-order valence-electron chi connectivity index (χ3n) is 6.79. The van der Waals surface area contributed by atoms with Crippen molar-refractivity contribution in [1.29, 1.82) is 0 Å². The number of hydrogen-bond donors (Lipinski definition) is 2. The maximum absolute atomic E-state index is 13.0. The van der Waals surface area contributed by atoms with Gasteiger partial charge in [-0.2, -0.15) is 0 Å². The molecule has 2 fully saturated rings. The molecule has 2 aliphatic heterocycles. The van der Waals surface area contributed by atoms with Gasteiger partial charge >= 0.3 is 0 Å². The van der Waals surface area contributed by atoms with Gasteiger partial charge in [0.1, 0.15) is 0 Å². The largest absolute Gasteiger partial charge is 0.351 e. The summed E-state index contributed by atoms with van der Waals surface area (Å²) in [4.78, 5) is 15.4. The highest BCUT2D eigenvalue weighted by atomic mass is 16.1. The van der Waals surface area contributed by atoms with Gasteiger partial charge in [0.25, 0.3) is 5.91 Å². The molecule has 0 radical (unpaired) electrons. The lowest BCUT2D eigenvalue weighted by Crippen LogP contribution is -2.48. The molecule has 4 rings (SSSR count). The molecule has 0 aromatic heterocycles. The molecule has 2 aliphatic rings. The van der Waals surface area contributed by atoms with Gasteiger partial charge in [0.15, 0.2) is 0 Å². The van der Waals surface area contributed by atoms with E-state index in [2.05, 4.69) is 65.0 Å². The molecule has 1 amide bonds. The SMILES string of the molecule is CN1CCC(CNC(=O)c2cccc(CC3CCNC3)c2)(c2ccccc2)CC1. The van der Waals surface area contributed by atoms with Gasteiger partial charge in [-0.15, -0.1) is 0 Å². The van der Waals surface area contributed by atoms with Crippen molar-refractivity contribution >= 4 is 5.91 Å². The molecule has 2 N–H and O–H groups in total. The minimum atomic E-state index is 0.0244. The molecule has 0 bridgehead atoms. The fourth-order valence-electron chi connectivity index (χ4n) is 4.82. The Morgan fingerprint density at radius 3 is 2.66 bits per heavy atom. The molecule has 1 unspecified atom stereocenters. The molecule has 154 valence electrons. The van der Waals surface area contributed by atoms with Gasteiger partial charge in [0, 0.05) is 17.5 Å². The van der Waals surface area contributed by atoms with Crippen LogP contribution in [-0.4, -0.2) is 50.6 Å². The van der Waals surface area contributed by atoms with Crippen LogP contribution in [0.15, 0.2) is 54.6 Å². The number of rotatable bonds is 6. The minimum absolute atomic E-state index is 0.0244. The summed E-state index contributed by atoms with van der Waals surface area (Å²) in [6.07, 6.45) is 4.42. The second-order valence-electron chi connectivity index (χ2n) is 8.90. The predicted octanol–water partition coefficient (Wildman–Crippen LogP) is 3.23. The van der Waals surface area contributed by atoms with E-state index < -0.39 is 0 Å². The van der Waals surface area contributed by atoms with E-state index in [1.807, 2.05) is 12.1 Å². The Balaban J connectivity index is 1.44. The van der Waals surface area contributed by atoms with Crippen molar-refractivity contribution in [2.75, 3.05) is 39.8 Å². The van der Waals surface area contributed by atoms with E-state index in [4.69, 9.17) is 0 Å². The summed E-state index contributed by atoms with van der Waals surface area (Å²) in [5, 5.41) is 6.70. The number of carbonyl (C=O) groups excluding carboxylic acids is 1. The van der Waals surface area contributed by atoms with Crippen molar-refractivity contribution in [3.05, 3.63) is 71.3 Å². The van der Waals surface area contributed by atoms with Gasteiger partial charge in [-0.3, -0.25) is 4.79 Å². The molecule has 0 aliphatic carbocycles. The molecule has 2 heterocycles. The highest BCUT2D eigenvalue weighted by molar-refractivity contribution is 5.94. The monoisotopic (exact) mass is 391 g/mol. The zero-order valence-corrected chi connectivity index (χ0v) is 17.5. The Morgan fingerprint density at radius 2 is 1.93 bits per heavy atom. The highest BCUT2D eigenvalue weighted by Gasteiger charge is 2.35. The topological polar surface area (TPSA) is 44.4 Å². The molecule has 0 saturated carbocycles. The Hall–Kier alpha value is -2.17. The van der Waals surface area contributed by atoms with Crippen molar-refractivity contribution < 1.29 is 4.79 Å². The number of carbonyl (C=O) groups is 1. The maximum Gasteiger partial charge on any atom is 0.251 e. The average Bonchev–Trinajstić information content (AvgIpc) is 3.27. The number of benzene rings is 2. The van der Waals surface area contributed by atoms with Crippen molar-refractivity contribution in [3.8, 4) is 0 Å². The normalized spacial score (nSPS) is 21.8. The third kappa shape index (κ3) is 4.88. The highest BCUT2D eigenvalue weighted by Crippen LogP contribution is 2.34. The molecule has 4 heteroatoms. The van der Waals surface area contributed by atoms with E-state index in [-0.39, 0.29) is 11.3 Å². The standard InChI is InChI=1S/C25H33N3O/c1-28-14-11-25(12-15-28,23-8-3-2-4-9-23)19-27-24(29)22-7-5-6-20(17-22)16-21-10-13-26-18-21/h2-9,17,21,26H,10-16,18-19H2,1H3,(H,27,29). The predicted molar refractivity (Wildman–Crippen MR) is 118 cm³/mol. The van der Waals surface area contributed by atoms with Crippen LogP contribution in [0.4, 0.5) is 0 Å². The fourth-order valence-corrected chi connectivity index (χ4v) is 4.82. The summed E-state index contributed by atoms with van der Waals surface area (Å²) in [6, 6.07) is 18.9. The van der Waals surface area contributed by atoms with Gasteiger partial charge in [0.05, 0.1) is 0 Å². The molecular formula is C25H33N3O. The Morgan fingerprint density at radius 1 is 1.14 bits per heavy atom. The second-order valence-corrected chi connectivity index (χ2v) is 8.90. The van der Waals surface area contributed by atoms with E-state index in [0.29, 0.717) is 12.5 Å². The number of nitrogens with one attached hydrogen (secondary N) is 2. The first-order valence-corrected chi connectivity index (χ1v) is 11.0. The first-order chi connectivity index (χ1) is 14.1. The van der Waals surface area contributed by atoms with Crippen LogP contribution < -0.4 is 10.6 Å². The zero-order valence-electron chi connectivity index (χ0n) is 17.5. The van der Waals surface area contributed by atoms with E-state index in [1.54, 1.807) is 0 Å². The smallest absolute Gasteiger partial charge is 0.251 e. The lowest BCUT2D eigenvalue weighted by Gasteiger charge is -2.41. The zero-order chi connectivity index (χ0) is 20.1. The van der Waals surface area contributed by atoms with Crippen LogP contribution in [-0.2, 0) is 11.8 Å². The summed E-state index contributed by atoms with van der Waals surface area (Å²) in [5.41, 5.74) is 3.42. The van der Waals surface area contributed by atoms with Gasteiger partial charge in [-0.05, 0) is 88.1 Å². The molecule has 1 atom stereocenters. The van der Waals surface area contributed by atoms with Crippen LogP contribution >= 0.6 is 0 Å². The van der Waals surface area contributed by atoms with Crippen LogP contribution in [0.25, 0.3) is 0 Å². The molecule has 0 spiro atoms. The van der Waals surface area contributed by atoms with Crippen LogP contribution in [0.5, 0.6) is 0 Å². The summed E-state index contributed by atoms with van der Waals surface area (Å²) in [6.45, 7) is 5.03. The molecule has 2 saturated heterocycles. The Kier molecular flexibility index (Phi) is 6.31. The number of amides is 1. The third-order valence-corrected chi connectivity index (χ3v) is 6.79. The lowest BCUT2D eigenvalue weighted by molar-refractivity contribution is 0.0927. The number of nitrogens with zero attached hydrogens (tertiary/aromatic N) is 1. The average molecular weight is 392 g/mol. The molecule has 4 nitrogen and oxygen atoms in total. The number of piperidine rings is 1. The van der Waals surface area contributed by atoms with Crippen molar-refractivity contribution in [2.24, 2.45) is 5.92 Å². The minimum Gasteiger partial charge on any atom is -0.351 e. The van der Waals surface area contributed by atoms with Crippen molar-refractivity contribution in [1.82, 2.24) is 15.5 Å². The van der Waals surface area contributed by atoms with Crippen LogP contribution in [0.3, 0.4) is 0 Å². The summed E-state index contributed by atoms with van der Waals surface area (Å²) < 4.78 is 0. The number of likely N-dealkylation sites (tertiary alicyclic amines) is 1.